The molecule has 0 aromatic carbocycles. The third-order valence-corrected chi connectivity index (χ3v) is 9.56. The van der Waals surface area contributed by atoms with Gasteiger partial charge in [0.15, 0.2) is 6.10 Å². The summed E-state index contributed by atoms with van der Waals surface area (Å²) in [6, 6.07) is 0. The van der Waals surface area contributed by atoms with Crippen molar-refractivity contribution in [3.63, 3.8) is 0 Å². The summed E-state index contributed by atoms with van der Waals surface area (Å²) in [6.45, 7) is 4.30. The highest BCUT2D eigenvalue weighted by Crippen LogP contribution is 2.43. The molecule has 0 radical (unpaired) electrons. The highest BCUT2D eigenvalue weighted by Gasteiger charge is 2.26. The van der Waals surface area contributed by atoms with Gasteiger partial charge in [0, 0.05) is 19.4 Å². The Hall–Kier alpha value is -1.25. The maximum atomic E-state index is 12.6. The van der Waals surface area contributed by atoms with E-state index in [1.807, 2.05) is 19.0 Å². The molecule has 0 rings (SSSR count). The highest BCUT2D eigenvalue weighted by molar-refractivity contribution is 7.47. The van der Waals surface area contributed by atoms with Crippen LogP contribution in [0, 0.1) is 0 Å². The molecule has 290 valence electrons. The number of carbonyl (C=O) groups is 2. The smallest absolute Gasteiger partial charge is 0.462 e. The SMILES string of the molecule is CCCCCC/C=C\CCCCCCCCCC(=O)OC(COC(=O)CCCCCCCCCCCCC)COP(=O)(O)OCCN(C)C. The molecule has 2 atom stereocenters. The van der Waals surface area contributed by atoms with Gasteiger partial charge in [-0.3, -0.25) is 18.6 Å². The average Bonchev–Trinajstić information content (AvgIpc) is 3.06. The second-order valence-corrected chi connectivity index (χ2v) is 15.3. The number of nitrogens with zero attached hydrogens (tertiary/aromatic N) is 1. The van der Waals surface area contributed by atoms with Crippen LogP contribution < -0.4 is 0 Å². The number of ether oxygens (including phenoxy) is 2. The van der Waals surface area contributed by atoms with Crippen molar-refractivity contribution in [2.24, 2.45) is 0 Å². The standard InChI is InChI=1S/C39H76NO8P/c1-5-7-9-11-13-15-17-18-19-20-22-24-26-28-30-32-39(42)48-37(36-47-49(43,44)46-34-33-40(3)4)35-45-38(41)31-29-27-25-23-21-16-14-12-10-8-6-2/h15,17,37H,5-14,16,18-36H2,1-4H3,(H,43,44)/b17-15-. The molecule has 9 nitrogen and oxygen atoms in total. The van der Waals surface area contributed by atoms with Gasteiger partial charge in [0.2, 0.25) is 0 Å². The van der Waals surface area contributed by atoms with Crippen molar-refractivity contribution < 1.29 is 37.6 Å². The zero-order valence-corrected chi connectivity index (χ0v) is 33.0. The summed E-state index contributed by atoms with van der Waals surface area (Å²) in [5, 5.41) is 0. The second kappa shape index (κ2) is 35.2. The van der Waals surface area contributed by atoms with Gasteiger partial charge in [-0.05, 0) is 52.6 Å². The minimum Gasteiger partial charge on any atom is -0.462 e. The minimum absolute atomic E-state index is 0.00934. The molecule has 0 aromatic rings. The van der Waals surface area contributed by atoms with E-state index in [1.165, 1.54) is 103 Å². The Morgan fingerprint density at radius 1 is 0.612 bits per heavy atom. The van der Waals surface area contributed by atoms with Crippen LogP contribution in [-0.4, -0.2) is 68.3 Å². The molecule has 0 saturated carbocycles. The molecular formula is C39H76NO8P. The van der Waals surface area contributed by atoms with Gasteiger partial charge in [0.1, 0.15) is 6.61 Å². The van der Waals surface area contributed by atoms with E-state index in [0.717, 1.165) is 44.9 Å². The topological polar surface area (TPSA) is 112 Å². The first kappa shape index (κ1) is 47.8. The third kappa shape index (κ3) is 36.3. The van der Waals surface area contributed by atoms with Gasteiger partial charge in [-0.15, -0.1) is 0 Å². The third-order valence-electron chi connectivity index (χ3n) is 8.57. The van der Waals surface area contributed by atoms with Crippen molar-refractivity contribution in [1.82, 2.24) is 4.90 Å². The Balaban J connectivity index is 4.33. The van der Waals surface area contributed by atoms with Crippen molar-refractivity contribution in [3.8, 4) is 0 Å². The lowest BCUT2D eigenvalue weighted by Crippen LogP contribution is -2.29. The van der Waals surface area contributed by atoms with Crippen LogP contribution in [0.25, 0.3) is 0 Å². The molecule has 0 saturated heterocycles. The van der Waals surface area contributed by atoms with Crippen molar-refractivity contribution >= 4 is 19.8 Å². The summed E-state index contributed by atoms with van der Waals surface area (Å²) in [7, 11) is -0.705. The lowest BCUT2D eigenvalue weighted by molar-refractivity contribution is -0.161. The molecule has 0 aliphatic carbocycles. The molecule has 0 fully saturated rings. The Morgan fingerprint density at radius 2 is 1.04 bits per heavy atom. The van der Waals surface area contributed by atoms with Crippen molar-refractivity contribution in [2.75, 3.05) is 40.5 Å². The lowest BCUT2D eigenvalue weighted by Gasteiger charge is -2.20. The van der Waals surface area contributed by atoms with Crippen LogP contribution >= 0.6 is 7.82 Å². The van der Waals surface area contributed by atoms with Crippen LogP contribution in [0.15, 0.2) is 12.2 Å². The van der Waals surface area contributed by atoms with E-state index >= 15 is 0 Å². The molecule has 0 aliphatic heterocycles. The van der Waals surface area contributed by atoms with Crippen LogP contribution in [0.2, 0.25) is 0 Å². The summed E-state index contributed by atoms with van der Waals surface area (Å²) in [6.07, 6.45) is 32.5. The number of phosphoric acid groups is 1. The Bertz CT molecular complexity index is 838. The fourth-order valence-corrected chi connectivity index (χ4v) is 6.19. The lowest BCUT2D eigenvalue weighted by atomic mass is 10.1. The van der Waals surface area contributed by atoms with Crippen LogP contribution in [0.3, 0.4) is 0 Å². The minimum atomic E-state index is -4.35. The molecule has 10 heteroatoms. The average molecular weight is 718 g/mol. The van der Waals surface area contributed by atoms with E-state index < -0.39 is 26.5 Å². The molecule has 49 heavy (non-hydrogen) atoms. The van der Waals surface area contributed by atoms with Gasteiger partial charge in [-0.2, -0.15) is 0 Å². The largest absolute Gasteiger partial charge is 0.472 e. The number of hydrogen-bond donors (Lipinski definition) is 1. The fourth-order valence-electron chi connectivity index (χ4n) is 5.45. The zero-order valence-electron chi connectivity index (χ0n) is 32.1. The first-order chi connectivity index (χ1) is 23.7. The van der Waals surface area contributed by atoms with Crippen LogP contribution in [0.1, 0.15) is 181 Å². The summed E-state index contributed by atoms with van der Waals surface area (Å²) < 4.78 is 33.3. The molecular weight excluding hydrogens is 641 g/mol. The number of hydrogen-bond acceptors (Lipinski definition) is 8. The number of esters is 2. The van der Waals surface area contributed by atoms with Crippen LogP contribution in [0.5, 0.6) is 0 Å². The van der Waals surface area contributed by atoms with E-state index in [0.29, 0.717) is 19.4 Å². The van der Waals surface area contributed by atoms with E-state index in [2.05, 4.69) is 26.0 Å². The van der Waals surface area contributed by atoms with E-state index in [-0.39, 0.29) is 25.6 Å². The Kier molecular flexibility index (Phi) is 34.3. The van der Waals surface area contributed by atoms with E-state index in [1.54, 1.807) is 0 Å². The number of phosphoric ester groups is 1. The number of rotatable bonds is 37. The maximum absolute atomic E-state index is 12.6. The molecule has 0 heterocycles. The van der Waals surface area contributed by atoms with Crippen LogP contribution in [-0.2, 0) is 32.7 Å². The first-order valence-electron chi connectivity index (χ1n) is 20.0. The summed E-state index contributed by atoms with van der Waals surface area (Å²) in [5.41, 5.74) is 0. The number of unbranched alkanes of at least 4 members (excludes halogenated alkanes) is 21. The van der Waals surface area contributed by atoms with E-state index in [4.69, 9.17) is 18.5 Å². The molecule has 0 amide bonds. The van der Waals surface area contributed by atoms with Gasteiger partial charge in [-0.1, -0.05) is 142 Å². The van der Waals surface area contributed by atoms with Gasteiger partial charge in [0.25, 0.3) is 0 Å². The molecule has 2 unspecified atom stereocenters. The van der Waals surface area contributed by atoms with Crippen molar-refractivity contribution in [3.05, 3.63) is 12.2 Å². The van der Waals surface area contributed by atoms with Gasteiger partial charge < -0.3 is 19.3 Å². The highest BCUT2D eigenvalue weighted by atomic mass is 31.2. The molecule has 0 bridgehead atoms. The van der Waals surface area contributed by atoms with Gasteiger partial charge in [-0.25, -0.2) is 4.57 Å². The summed E-state index contributed by atoms with van der Waals surface area (Å²) in [4.78, 5) is 36.8. The normalized spacial score (nSPS) is 13.6. The summed E-state index contributed by atoms with van der Waals surface area (Å²) in [5.74, 6) is -0.803. The van der Waals surface area contributed by atoms with Crippen molar-refractivity contribution in [2.45, 2.75) is 187 Å². The fraction of sp³-hybridized carbons (Fsp3) is 0.897. The number of allylic oxidation sites excluding steroid dienone is 2. The predicted molar refractivity (Wildman–Crippen MR) is 202 cm³/mol. The van der Waals surface area contributed by atoms with E-state index in [9.17, 15) is 19.0 Å². The monoisotopic (exact) mass is 718 g/mol. The number of carbonyl (C=O) groups excluding carboxylic acids is 2. The summed E-state index contributed by atoms with van der Waals surface area (Å²) >= 11 is 0. The quantitative estimate of drug-likeness (QED) is 0.0290. The molecule has 1 N–H and O–H groups in total. The first-order valence-corrected chi connectivity index (χ1v) is 21.5. The zero-order chi connectivity index (χ0) is 36.3. The predicted octanol–water partition coefficient (Wildman–Crippen LogP) is 10.9. The Morgan fingerprint density at radius 3 is 1.53 bits per heavy atom. The van der Waals surface area contributed by atoms with Crippen LogP contribution in [0.4, 0.5) is 0 Å². The molecule has 0 aliphatic rings. The van der Waals surface area contributed by atoms with Gasteiger partial charge in [0.05, 0.1) is 13.2 Å². The second-order valence-electron chi connectivity index (χ2n) is 13.8. The molecule has 0 aromatic heterocycles. The van der Waals surface area contributed by atoms with Crippen molar-refractivity contribution in [1.29, 1.82) is 0 Å². The van der Waals surface area contributed by atoms with Gasteiger partial charge >= 0.3 is 19.8 Å². The molecule has 0 spiro atoms. The number of likely N-dealkylation sites (N-methyl/N-ethyl adjacent to an activating group) is 1. The maximum Gasteiger partial charge on any atom is 0.472 e. The Labute approximate surface area is 301 Å².